The van der Waals surface area contributed by atoms with Crippen molar-refractivity contribution in [1.82, 2.24) is 19.9 Å². The fraction of sp³-hybridized carbons (Fsp3) is 0.357. The highest BCUT2D eigenvalue weighted by atomic mass is 35.5. The Balaban J connectivity index is 1.73. The Morgan fingerprint density at radius 2 is 2.24 bits per heavy atom. The Morgan fingerprint density at radius 3 is 3.00 bits per heavy atom. The van der Waals surface area contributed by atoms with Gasteiger partial charge in [-0.2, -0.15) is 0 Å². The lowest BCUT2D eigenvalue weighted by Gasteiger charge is -2.27. The second kappa shape index (κ2) is 5.83. The molecule has 0 bridgehead atoms. The highest BCUT2D eigenvalue weighted by molar-refractivity contribution is 6.31. The summed E-state index contributed by atoms with van der Waals surface area (Å²) in [5.41, 5.74) is 8.87. The minimum absolute atomic E-state index is 0.324. The summed E-state index contributed by atoms with van der Waals surface area (Å²) in [7, 11) is 1.56. The quantitative estimate of drug-likeness (QED) is 0.929. The van der Waals surface area contributed by atoms with E-state index < -0.39 is 0 Å². The molecule has 0 aromatic carbocycles. The Bertz CT molecular complexity index is 664. The van der Waals surface area contributed by atoms with Crippen LogP contribution in [0.25, 0.3) is 0 Å². The van der Waals surface area contributed by atoms with Gasteiger partial charge in [-0.15, -0.1) is 0 Å². The number of halogens is 1. The summed E-state index contributed by atoms with van der Waals surface area (Å²) in [6, 6.07) is 1.89. The molecule has 0 aliphatic carbocycles. The topological polar surface area (TPSA) is 77.2 Å². The zero-order chi connectivity index (χ0) is 14.8. The van der Waals surface area contributed by atoms with Crippen molar-refractivity contribution in [3.63, 3.8) is 0 Å². The second-order valence-electron chi connectivity index (χ2n) is 5.00. The maximum Gasteiger partial charge on any atom is 0.232 e. The summed E-state index contributed by atoms with van der Waals surface area (Å²) in [5.74, 6) is 0.773. The second-order valence-corrected chi connectivity index (χ2v) is 5.40. The van der Waals surface area contributed by atoms with Gasteiger partial charge in [0.2, 0.25) is 11.8 Å². The molecule has 0 saturated carbocycles. The fourth-order valence-corrected chi connectivity index (χ4v) is 2.73. The lowest BCUT2D eigenvalue weighted by Crippen LogP contribution is -2.31. The molecule has 0 unspecified atom stereocenters. The van der Waals surface area contributed by atoms with Crippen LogP contribution in [-0.4, -0.2) is 33.5 Å². The average Bonchev–Trinajstić information content (AvgIpc) is 2.47. The zero-order valence-electron chi connectivity index (χ0n) is 11.7. The summed E-state index contributed by atoms with van der Waals surface area (Å²) in [6.45, 7) is 2.47. The molecule has 7 heteroatoms. The standard InChI is InChI=1S/C14H16ClN5O/c1-21-13-11(15)4-9(5-17-13)7-20-3-2-10-6-18-14(16)19-12(10)8-20/h4-6H,2-3,7-8H2,1H3,(H2,16,18,19). The van der Waals surface area contributed by atoms with Crippen LogP contribution in [0.5, 0.6) is 5.88 Å². The predicted octanol–water partition coefficient (Wildman–Crippen LogP) is 1.67. The molecule has 110 valence electrons. The van der Waals surface area contributed by atoms with Gasteiger partial charge in [-0.25, -0.2) is 15.0 Å². The van der Waals surface area contributed by atoms with Gasteiger partial charge in [-0.1, -0.05) is 11.6 Å². The van der Waals surface area contributed by atoms with Crippen molar-refractivity contribution < 1.29 is 4.74 Å². The number of hydrogen-bond acceptors (Lipinski definition) is 6. The van der Waals surface area contributed by atoms with Crippen LogP contribution in [0.3, 0.4) is 0 Å². The number of methoxy groups -OCH3 is 1. The van der Waals surface area contributed by atoms with Crippen molar-refractivity contribution in [2.75, 3.05) is 19.4 Å². The van der Waals surface area contributed by atoms with E-state index in [9.17, 15) is 0 Å². The van der Waals surface area contributed by atoms with Gasteiger partial charge in [-0.05, 0) is 23.6 Å². The van der Waals surface area contributed by atoms with E-state index in [1.165, 1.54) is 5.56 Å². The summed E-state index contributed by atoms with van der Waals surface area (Å²) >= 11 is 6.11. The van der Waals surface area contributed by atoms with E-state index in [0.29, 0.717) is 16.9 Å². The van der Waals surface area contributed by atoms with Crippen LogP contribution < -0.4 is 10.5 Å². The number of fused-ring (bicyclic) bond motifs is 1. The Kier molecular flexibility index (Phi) is 3.90. The van der Waals surface area contributed by atoms with Crippen LogP contribution in [-0.2, 0) is 19.5 Å². The van der Waals surface area contributed by atoms with Gasteiger partial charge in [-0.3, -0.25) is 4.90 Å². The first-order valence-corrected chi connectivity index (χ1v) is 7.04. The summed E-state index contributed by atoms with van der Waals surface area (Å²) in [4.78, 5) is 14.8. The first kappa shape index (κ1) is 14.0. The molecule has 0 fully saturated rings. The van der Waals surface area contributed by atoms with Gasteiger partial charge in [0.25, 0.3) is 0 Å². The molecule has 21 heavy (non-hydrogen) atoms. The maximum atomic E-state index is 6.11. The van der Waals surface area contributed by atoms with Gasteiger partial charge in [0.1, 0.15) is 5.02 Å². The van der Waals surface area contributed by atoms with Crippen molar-refractivity contribution in [3.05, 3.63) is 40.3 Å². The molecule has 3 rings (SSSR count). The van der Waals surface area contributed by atoms with E-state index in [-0.39, 0.29) is 0 Å². The number of aromatic nitrogens is 3. The molecule has 0 atom stereocenters. The molecule has 0 radical (unpaired) electrons. The van der Waals surface area contributed by atoms with E-state index in [0.717, 1.165) is 37.3 Å². The van der Waals surface area contributed by atoms with Crippen LogP contribution in [0.15, 0.2) is 18.5 Å². The number of hydrogen-bond donors (Lipinski definition) is 1. The first-order chi connectivity index (χ1) is 10.2. The molecule has 0 saturated heterocycles. The SMILES string of the molecule is COc1ncc(CN2CCc3cnc(N)nc3C2)cc1Cl. The van der Waals surface area contributed by atoms with E-state index in [1.54, 1.807) is 13.3 Å². The highest BCUT2D eigenvalue weighted by Crippen LogP contribution is 2.24. The van der Waals surface area contributed by atoms with E-state index >= 15 is 0 Å². The van der Waals surface area contributed by atoms with Crippen LogP contribution in [0.4, 0.5) is 5.95 Å². The van der Waals surface area contributed by atoms with Gasteiger partial charge in [0, 0.05) is 32.0 Å². The third-order valence-electron chi connectivity index (χ3n) is 3.51. The molecule has 3 heterocycles. The number of anilines is 1. The Morgan fingerprint density at radius 1 is 1.38 bits per heavy atom. The van der Waals surface area contributed by atoms with Gasteiger partial charge < -0.3 is 10.5 Å². The molecule has 6 nitrogen and oxygen atoms in total. The maximum absolute atomic E-state index is 6.11. The van der Waals surface area contributed by atoms with Crippen molar-refractivity contribution in [2.45, 2.75) is 19.5 Å². The van der Waals surface area contributed by atoms with Crippen LogP contribution >= 0.6 is 11.6 Å². The number of nitrogens with zero attached hydrogens (tertiary/aromatic N) is 4. The number of pyridine rings is 1. The Labute approximate surface area is 127 Å². The fourth-order valence-electron chi connectivity index (χ4n) is 2.47. The Hall–Kier alpha value is -1.92. The molecule has 0 spiro atoms. The van der Waals surface area contributed by atoms with Crippen molar-refractivity contribution in [2.24, 2.45) is 0 Å². The largest absolute Gasteiger partial charge is 0.480 e. The average molecular weight is 306 g/mol. The lowest BCUT2D eigenvalue weighted by atomic mass is 10.1. The van der Waals surface area contributed by atoms with E-state index in [2.05, 4.69) is 19.9 Å². The van der Waals surface area contributed by atoms with E-state index in [1.807, 2.05) is 12.3 Å². The molecule has 0 amide bonds. The summed E-state index contributed by atoms with van der Waals surface area (Å²) in [5, 5.41) is 0.527. The third-order valence-corrected chi connectivity index (χ3v) is 3.78. The molecule has 1 aliphatic rings. The van der Waals surface area contributed by atoms with Crippen molar-refractivity contribution >= 4 is 17.5 Å². The highest BCUT2D eigenvalue weighted by Gasteiger charge is 2.18. The van der Waals surface area contributed by atoms with Crippen LogP contribution in [0.1, 0.15) is 16.8 Å². The number of ether oxygens (including phenoxy) is 1. The van der Waals surface area contributed by atoms with Crippen LogP contribution in [0.2, 0.25) is 5.02 Å². The summed E-state index contributed by atoms with van der Waals surface area (Å²) < 4.78 is 5.06. The van der Waals surface area contributed by atoms with Gasteiger partial charge >= 0.3 is 0 Å². The van der Waals surface area contributed by atoms with Crippen LogP contribution in [0, 0.1) is 0 Å². The molecule has 2 aromatic rings. The smallest absolute Gasteiger partial charge is 0.232 e. The third kappa shape index (κ3) is 3.06. The van der Waals surface area contributed by atoms with Crippen molar-refractivity contribution in [1.29, 1.82) is 0 Å². The van der Waals surface area contributed by atoms with Crippen molar-refractivity contribution in [3.8, 4) is 5.88 Å². The minimum Gasteiger partial charge on any atom is -0.480 e. The van der Waals surface area contributed by atoms with E-state index in [4.69, 9.17) is 22.1 Å². The lowest BCUT2D eigenvalue weighted by molar-refractivity contribution is 0.241. The molecule has 2 N–H and O–H groups in total. The van der Waals surface area contributed by atoms with Gasteiger partial charge in [0.15, 0.2) is 0 Å². The molecule has 1 aliphatic heterocycles. The molecule has 2 aromatic heterocycles. The number of rotatable bonds is 3. The minimum atomic E-state index is 0.324. The number of nitrogens with two attached hydrogens (primary N) is 1. The zero-order valence-corrected chi connectivity index (χ0v) is 12.5. The molecular formula is C14H16ClN5O. The first-order valence-electron chi connectivity index (χ1n) is 6.66. The summed E-state index contributed by atoms with van der Waals surface area (Å²) in [6.07, 6.45) is 4.53. The molecular weight excluding hydrogens is 290 g/mol. The number of nitrogen functional groups attached to an aromatic ring is 1. The normalized spacial score (nSPS) is 14.8. The van der Waals surface area contributed by atoms with Gasteiger partial charge in [0.05, 0.1) is 12.8 Å². The predicted molar refractivity (Wildman–Crippen MR) is 80.1 cm³/mol. The monoisotopic (exact) mass is 305 g/mol.